The van der Waals surface area contributed by atoms with Gasteiger partial charge in [-0.05, 0) is 55.2 Å². The molecule has 0 saturated heterocycles. The molecule has 1 fully saturated rings. The zero-order chi connectivity index (χ0) is 19.4. The smallest absolute Gasteiger partial charge is 0.252 e. The van der Waals surface area contributed by atoms with Crippen LogP contribution >= 0.6 is 27.5 Å². The Balaban J connectivity index is 1.76. The molecule has 1 aliphatic rings. The summed E-state index contributed by atoms with van der Waals surface area (Å²) >= 11 is 9.70. The maximum atomic E-state index is 13.0. The lowest BCUT2D eigenvalue weighted by atomic mass is 9.64. The number of benzene rings is 2. The topological polar surface area (TPSA) is 58.2 Å². The molecule has 0 heterocycles. The van der Waals surface area contributed by atoms with E-state index < -0.39 is 5.41 Å². The Bertz CT molecular complexity index is 848. The van der Waals surface area contributed by atoms with E-state index in [4.69, 9.17) is 11.6 Å². The lowest BCUT2D eigenvalue weighted by Gasteiger charge is -2.40. The van der Waals surface area contributed by atoms with E-state index >= 15 is 0 Å². The predicted molar refractivity (Wildman–Crippen MR) is 112 cm³/mol. The van der Waals surface area contributed by atoms with Gasteiger partial charge in [0.05, 0.1) is 16.0 Å². The first kappa shape index (κ1) is 19.9. The number of nitrogens with one attached hydrogen (secondary N) is 2. The van der Waals surface area contributed by atoms with Crippen LogP contribution in [-0.4, -0.2) is 18.4 Å². The van der Waals surface area contributed by atoms with Gasteiger partial charge in [-0.15, -0.1) is 0 Å². The molecule has 2 aromatic carbocycles. The third kappa shape index (κ3) is 4.19. The van der Waals surface area contributed by atoms with E-state index in [0.29, 0.717) is 22.8 Å². The van der Waals surface area contributed by atoms with E-state index in [1.54, 1.807) is 18.2 Å². The highest BCUT2D eigenvalue weighted by Gasteiger charge is 2.45. The first-order valence-corrected chi connectivity index (χ1v) is 10.3. The van der Waals surface area contributed by atoms with Gasteiger partial charge < -0.3 is 10.6 Å². The van der Waals surface area contributed by atoms with Crippen molar-refractivity contribution in [2.75, 3.05) is 11.9 Å². The minimum Gasteiger partial charge on any atom is -0.352 e. The molecule has 0 aromatic heterocycles. The van der Waals surface area contributed by atoms with Crippen molar-refractivity contribution in [2.45, 2.75) is 38.0 Å². The molecule has 4 nitrogen and oxygen atoms in total. The third-order valence-electron chi connectivity index (χ3n) is 5.05. The molecule has 2 amide bonds. The van der Waals surface area contributed by atoms with E-state index in [9.17, 15) is 9.59 Å². The quantitative estimate of drug-likeness (QED) is 0.628. The standard InChI is InChI=1S/C21H22BrClN2O2/c1-2-12-24-19(26)17-9-8-16(13-18(17)23)25-20(27)21(10-3-11-21)14-4-6-15(22)7-5-14/h4-9,13H,2-3,10-12H2,1H3,(H,24,26)(H,25,27). The lowest BCUT2D eigenvalue weighted by Crippen LogP contribution is -2.46. The van der Waals surface area contributed by atoms with Gasteiger partial charge in [0.25, 0.3) is 5.91 Å². The maximum Gasteiger partial charge on any atom is 0.252 e. The fraction of sp³-hybridized carbons (Fsp3) is 0.333. The second kappa shape index (κ2) is 8.44. The number of hydrogen-bond acceptors (Lipinski definition) is 2. The Labute approximate surface area is 172 Å². The molecular formula is C21H22BrClN2O2. The van der Waals surface area contributed by atoms with E-state index in [2.05, 4.69) is 26.6 Å². The Morgan fingerprint density at radius 3 is 2.41 bits per heavy atom. The van der Waals surface area contributed by atoms with Gasteiger partial charge in [-0.3, -0.25) is 9.59 Å². The molecule has 1 aliphatic carbocycles. The molecule has 142 valence electrons. The molecule has 2 N–H and O–H groups in total. The fourth-order valence-electron chi connectivity index (χ4n) is 3.31. The minimum absolute atomic E-state index is 0.0321. The second-order valence-electron chi connectivity index (χ2n) is 6.85. The van der Waals surface area contributed by atoms with Crippen molar-refractivity contribution in [3.05, 3.63) is 63.1 Å². The lowest BCUT2D eigenvalue weighted by molar-refractivity contribution is -0.124. The number of anilines is 1. The van der Waals surface area contributed by atoms with Crippen LogP contribution in [0.3, 0.4) is 0 Å². The van der Waals surface area contributed by atoms with E-state index in [1.165, 1.54) is 0 Å². The molecule has 0 bridgehead atoms. The van der Waals surface area contributed by atoms with Crippen LogP contribution in [-0.2, 0) is 10.2 Å². The van der Waals surface area contributed by atoms with Crippen LogP contribution in [0.1, 0.15) is 48.5 Å². The van der Waals surface area contributed by atoms with Crippen LogP contribution < -0.4 is 10.6 Å². The average molecular weight is 450 g/mol. The van der Waals surface area contributed by atoms with Gasteiger partial charge >= 0.3 is 0 Å². The molecular weight excluding hydrogens is 428 g/mol. The van der Waals surface area contributed by atoms with Crippen LogP contribution in [0.5, 0.6) is 0 Å². The van der Waals surface area contributed by atoms with E-state index in [0.717, 1.165) is 35.7 Å². The average Bonchev–Trinajstić information content (AvgIpc) is 2.60. The van der Waals surface area contributed by atoms with Gasteiger partial charge in [-0.25, -0.2) is 0 Å². The number of rotatable bonds is 6. The third-order valence-corrected chi connectivity index (χ3v) is 5.89. The predicted octanol–water partition coefficient (Wildman–Crippen LogP) is 5.30. The van der Waals surface area contributed by atoms with Gasteiger partial charge in [0.1, 0.15) is 0 Å². The molecule has 0 unspecified atom stereocenters. The summed E-state index contributed by atoms with van der Waals surface area (Å²) in [6.07, 6.45) is 3.54. The highest BCUT2D eigenvalue weighted by atomic mass is 79.9. The SMILES string of the molecule is CCCNC(=O)c1ccc(NC(=O)C2(c3ccc(Br)cc3)CCC2)cc1Cl. The molecule has 27 heavy (non-hydrogen) atoms. The Hall–Kier alpha value is -1.85. The van der Waals surface area contributed by atoms with Crippen molar-refractivity contribution in [3.63, 3.8) is 0 Å². The largest absolute Gasteiger partial charge is 0.352 e. The molecule has 0 spiro atoms. The summed E-state index contributed by atoms with van der Waals surface area (Å²) in [5.41, 5.74) is 1.54. The van der Waals surface area contributed by atoms with Crippen molar-refractivity contribution in [1.29, 1.82) is 0 Å². The molecule has 0 aliphatic heterocycles. The van der Waals surface area contributed by atoms with Crippen molar-refractivity contribution < 1.29 is 9.59 Å². The van der Waals surface area contributed by atoms with Gasteiger partial charge in [0, 0.05) is 16.7 Å². The highest BCUT2D eigenvalue weighted by Crippen LogP contribution is 2.45. The van der Waals surface area contributed by atoms with E-state index in [1.807, 2.05) is 31.2 Å². The van der Waals surface area contributed by atoms with Crippen LogP contribution in [0.15, 0.2) is 46.9 Å². The summed E-state index contributed by atoms with van der Waals surface area (Å²) in [5.74, 6) is -0.236. The molecule has 3 rings (SSSR count). The summed E-state index contributed by atoms with van der Waals surface area (Å²) in [7, 11) is 0. The highest BCUT2D eigenvalue weighted by molar-refractivity contribution is 9.10. The molecule has 2 aromatic rings. The van der Waals surface area contributed by atoms with Crippen molar-refractivity contribution in [2.24, 2.45) is 0 Å². The van der Waals surface area contributed by atoms with Crippen LogP contribution in [0.2, 0.25) is 5.02 Å². The van der Waals surface area contributed by atoms with Crippen LogP contribution in [0.25, 0.3) is 0 Å². The van der Waals surface area contributed by atoms with Gasteiger partial charge in [-0.1, -0.05) is 53.0 Å². The molecule has 0 radical (unpaired) electrons. The second-order valence-corrected chi connectivity index (χ2v) is 8.17. The first-order valence-electron chi connectivity index (χ1n) is 9.11. The number of hydrogen-bond donors (Lipinski definition) is 2. The van der Waals surface area contributed by atoms with Gasteiger partial charge in [0.2, 0.25) is 5.91 Å². The normalized spacial score (nSPS) is 14.9. The zero-order valence-electron chi connectivity index (χ0n) is 15.1. The molecule has 0 atom stereocenters. The molecule has 1 saturated carbocycles. The summed E-state index contributed by atoms with van der Waals surface area (Å²) in [5, 5.41) is 6.11. The molecule has 6 heteroatoms. The summed E-state index contributed by atoms with van der Waals surface area (Å²) in [4.78, 5) is 25.1. The summed E-state index contributed by atoms with van der Waals surface area (Å²) < 4.78 is 0.991. The first-order chi connectivity index (χ1) is 13.0. The van der Waals surface area contributed by atoms with Crippen molar-refractivity contribution >= 4 is 45.0 Å². The number of amides is 2. The summed E-state index contributed by atoms with van der Waals surface area (Å²) in [6, 6.07) is 12.9. The Morgan fingerprint density at radius 2 is 1.85 bits per heavy atom. The van der Waals surface area contributed by atoms with Crippen molar-refractivity contribution in [1.82, 2.24) is 5.32 Å². The number of carbonyl (C=O) groups excluding carboxylic acids is 2. The van der Waals surface area contributed by atoms with E-state index in [-0.39, 0.29) is 11.8 Å². The van der Waals surface area contributed by atoms with Gasteiger partial charge in [-0.2, -0.15) is 0 Å². The number of halogens is 2. The van der Waals surface area contributed by atoms with Crippen molar-refractivity contribution in [3.8, 4) is 0 Å². The number of carbonyl (C=O) groups is 2. The van der Waals surface area contributed by atoms with Gasteiger partial charge in [0.15, 0.2) is 0 Å². The fourth-order valence-corrected chi connectivity index (χ4v) is 3.84. The minimum atomic E-state index is -0.496. The Morgan fingerprint density at radius 1 is 1.15 bits per heavy atom. The Kier molecular flexibility index (Phi) is 6.22. The maximum absolute atomic E-state index is 13.0. The zero-order valence-corrected chi connectivity index (χ0v) is 17.5. The van der Waals surface area contributed by atoms with Crippen LogP contribution in [0, 0.1) is 0 Å². The summed E-state index contributed by atoms with van der Waals surface area (Å²) in [6.45, 7) is 2.59. The monoisotopic (exact) mass is 448 g/mol. The van der Waals surface area contributed by atoms with Crippen LogP contribution in [0.4, 0.5) is 5.69 Å².